The molecule has 106 valence electrons. The van der Waals surface area contributed by atoms with Gasteiger partial charge in [0.2, 0.25) is 0 Å². The van der Waals surface area contributed by atoms with Crippen LogP contribution in [-0.2, 0) is 4.74 Å². The van der Waals surface area contributed by atoms with Crippen LogP contribution in [0.1, 0.15) is 18.5 Å². The van der Waals surface area contributed by atoms with Crippen LogP contribution in [0.15, 0.2) is 22.7 Å². The molecular formula is C14H20BrFN2O. The summed E-state index contributed by atoms with van der Waals surface area (Å²) in [6.07, 6.45) is -0.0255. The highest BCUT2D eigenvalue weighted by atomic mass is 79.9. The molecule has 1 aromatic carbocycles. The number of halogens is 2. The third-order valence-corrected chi connectivity index (χ3v) is 4.24. The van der Waals surface area contributed by atoms with Gasteiger partial charge in [0.25, 0.3) is 0 Å². The fourth-order valence-electron chi connectivity index (χ4n) is 2.52. The standard InChI is InChI=1S/C14H20BrFN2O/c1-3-18-7-8-19-12(9-18)14(17-2)10-5-4-6-11(15)13(10)16/h4-6,12,14,17H,3,7-9H2,1-2H3. The van der Waals surface area contributed by atoms with Crippen LogP contribution in [0.2, 0.25) is 0 Å². The van der Waals surface area contributed by atoms with Gasteiger partial charge in [-0.25, -0.2) is 4.39 Å². The van der Waals surface area contributed by atoms with E-state index in [1.807, 2.05) is 19.2 Å². The van der Waals surface area contributed by atoms with Crippen molar-refractivity contribution < 1.29 is 9.13 Å². The van der Waals surface area contributed by atoms with E-state index in [4.69, 9.17) is 4.74 Å². The molecule has 2 unspecified atom stereocenters. The molecule has 1 N–H and O–H groups in total. The van der Waals surface area contributed by atoms with Crippen LogP contribution in [0.4, 0.5) is 4.39 Å². The molecule has 0 radical (unpaired) electrons. The third kappa shape index (κ3) is 3.34. The van der Waals surface area contributed by atoms with Crippen LogP contribution < -0.4 is 5.32 Å². The highest BCUT2D eigenvalue weighted by Crippen LogP contribution is 2.28. The van der Waals surface area contributed by atoms with Crippen molar-refractivity contribution in [3.8, 4) is 0 Å². The van der Waals surface area contributed by atoms with E-state index in [9.17, 15) is 4.39 Å². The Hall–Kier alpha value is -0.490. The number of hydrogen-bond donors (Lipinski definition) is 1. The number of nitrogens with one attached hydrogen (secondary N) is 1. The lowest BCUT2D eigenvalue weighted by molar-refractivity contribution is -0.0449. The van der Waals surface area contributed by atoms with E-state index < -0.39 is 0 Å². The number of ether oxygens (including phenoxy) is 1. The van der Waals surface area contributed by atoms with E-state index in [0.717, 1.165) is 19.6 Å². The van der Waals surface area contributed by atoms with Crippen molar-refractivity contribution >= 4 is 15.9 Å². The summed E-state index contributed by atoms with van der Waals surface area (Å²) in [6, 6.07) is 5.25. The van der Waals surface area contributed by atoms with Crippen molar-refractivity contribution in [3.05, 3.63) is 34.1 Å². The second-order valence-electron chi connectivity index (χ2n) is 4.71. The van der Waals surface area contributed by atoms with E-state index in [-0.39, 0.29) is 18.0 Å². The molecule has 2 rings (SSSR count). The van der Waals surface area contributed by atoms with Crippen molar-refractivity contribution in [1.82, 2.24) is 10.2 Å². The van der Waals surface area contributed by atoms with Crippen LogP contribution >= 0.6 is 15.9 Å². The zero-order chi connectivity index (χ0) is 13.8. The molecule has 0 saturated carbocycles. The van der Waals surface area contributed by atoms with Gasteiger partial charge in [0, 0.05) is 18.7 Å². The van der Waals surface area contributed by atoms with E-state index >= 15 is 0 Å². The van der Waals surface area contributed by atoms with Crippen molar-refractivity contribution in [3.63, 3.8) is 0 Å². The molecule has 0 spiro atoms. The second-order valence-corrected chi connectivity index (χ2v) is 5.57. The summed E-state index contributed by atoms with van der Waals surface area (Å²) in [6.45, 7) is 5.61. The maximum atomic E-state index is 14.2. The van der Waals surface area contributed by atoms with Crippen molar-refractivity contribution in [1.29, 1.82) is 0 Å². The number of hydrogen-bond acceptors (Lipinski definition) is 3. The predicted octanol–water partition coefficient (Wildman–Crippen LogP) is 2.57. The minimum absolute atomic E-state index is 0.0255. The normalized spacial score (nSPS) is 22.4. The lowest BCUT2D eigenvalue weighted by atomic mass is 9.99. The van der Waals surface area contributed by atoms with Gasteiger partial charge < -0.3 is 10.1 Å². The molecule has 2 atom stereocenters. The Morgan fingerprint density at radius 3 is 3.05 bits per heavy atom. The first kappa shape index (κ1) is 14.9. The molecule has 19 heavy (non-hydrogen) atoms. The lowest BCUT2D eigenvalue weighted by Crippen LogP contribution is -2.47. The molecule has 1 aliphatic rings. The average Bonchev–Trinajstić information content (AvgIpc) is 2.44. The highest BCUT2D eigenvalue weighted by molar-refractivity contribution is 9.10. The van der Waals surface area contributed by atoms with Crippen LogP contribution in [0.25, 0.3) is 0 Å². The van der Waals surface area contributed by atoms with Crippen LogP contribution in [0.3, 0.4) is 0 Å². The molecular weight excluding hydrogens is 311 g/mol. The third-order valence-electron chi connectivity index (χ3n) is 3.62. The zero-order valence-corrected chi connectivity index (χ0v) is 12.9. The fourth-order valence-corrected chi connectivity index (χ4v) is 2.90. The van der Waals surface area contributed by atoms with E-state index in [0.29, 0.717) is 16.6 Å². The summed E-state index contributed by atoms with van der Waals surface area (Å²) in [5.74, 6) is -0.209. The lowest BCUT2D eigenvalue weighted by Gasteiger charge is -2.36. The fraction of sp³-hybridized carbons (Fsp3) is 0.571. The number of likely N-dealkylation sites (N-methyl/N-ethyl adjacent to an activating group) is 2. The molecule has 0 aromatic heterocycles. The van der Waals surface area contributed by atoms with Crippen LogP contribution in [0, 0.1) is 5.82 Å². The Morgan fingerprint density at radius 2 is 2.37 bits per heavy atom. The Morgan fingerprint density at radius 1 is 1.58 bits per heavy atom. The SMILES string of the molecule is CCN1CCOC(C(NC)c2cccc(Br)c2F)C1. The smallest absolute Gasteiger partial charge is 0.142 e. The molecule has 5 heteroatoms. The van der Waals surface area contributed by atoms with Crippen molar-refractivity contribution in [2.24, 2.45) is 0 Å². The van der Waals surface area contributed by atoms with Gasteiger partial charge in [-0.2, -0.15) is 0 Å². The van der Waals surface area contributed by atoms with Gasteiger partial charge >= 0.3 is 0 Å². The Balaban J connectivity index is 2.21. The quantitative estimate of drug-likeness (QED) is 0.918. The predicted molar refractivity (Wildman–Crippen MR) is 77.8 cm³/mol. The van der Waals surface area contributed by atoms with Gasteiger partial charge in [-0.3, -0.25) is 4.90 Å². The van der Waals surface area contributed by atoms with Gasteiger partial charge in [-0.1, -0.05) is 19.1 Å². The molecule has 0 bridgehead atoms. The highest BCUT2D eigenvalue weighted by Gasteiger charge is 2.29. The molecule has 0 amide bonds. The number of nitrogens with zero attached hydrogens (tertiary/aromatic N) is 1. The molecule has 0 aliphatic carbocycles. The summed E-state index contributed by atoms with van der Waals surface area (Å²) >= 11 is 3.24. The Bertz CT molecular complexity index is 430. The Labute approximate surface area is 122 Å². The topological polar surface area (TPSA) is 24.5 Å². The summed E-state index contributed by atoms with van der Waals surface area (Å²) in [5, 5.41) is 3.19. The van der Waals surface area contributed by atoms with Gasteiger partial charge in [-0.15, -0.1) is 0 Å². The molecule has 1 aromatic rings. The average molecular weight is 331 g/mol. The minimum Gasteiger partial charge on any atom is -0.374 e. The molecule has 1 heterocycles. The number of rotatable bonds is 4. The summed E-state index contributed by atoms with van der Waals surface area (Å²) < 4.78 is 20.5. The first-order chi connectivity index (χ1) is 9.17. The van der Waals surface area contributed by atoms with Gasteiger partial charge in [0.1, 0.15) is 5.82 Å². The minimum atomic E-state index is -0.209. The summed E-state index contributed by atoms with van der Waals surface area (Å²) in [7, 11) is 1.85. The monoisotopic (exact) mass is 330 g/mol. The maximum Gasteiger partial charge on any atom is 0.142 e. The van der Waals surface area contributed by atoms with Crippen molar-refractivity contribution in [2.75, 3.05) is 33.3 Å². The molecule has 1 aliphatic heterocycles. The van der Waals surface area contributed by atoms with Crippen LogP contribution in [0.5, 0.6) is 0 Å². The van der Waals surface area contributed by atoms with Gasteiger partial charge in [-0.05, 0) is 35.6 Å². The first-order valence-corrected chi connectivity index (χ1v) is 7.41. The molecule has 3 nitrogen and oxygen atoms in total. The van der Waals surface area contributed by atoms with E-state index in [1.54, 1.807) is 6.07 Å². The maximum absolute atomic E-state index is 14.2. The van der Waals surface area contributed by atoms with Gasteiger partial charge in [0.15, 0.2) is 0 Å². The number of benzene rings is 1. The van der Waals surface area contributed by atoms with Gasteiger partial charge in [0.05, 0.1) is 23.2 Å². The van der Waals surface area contributed by atoms with Crippen molar-refractivity contribution in [2.45, 2.75) is 19.1 Å². The molecule has 1 saturated heterocycles. The van der Waals surface area contributed by atoms with Crippen LogP contribution in [-0.4, -0.2) is 44.3 Å². The summed E-state index contributed by atoms with van der Waals surface area (Å²) in [5.41, 5.74) is 0.653. The first-order valence-electron chi connectivity index (χ1n) is 6.62. The Kier molecular flexibility index (Phi) is 5.33. The largest absolute Gasteiger partial charge is 0.374 e. The zero-order valence-electron chi connectivity index (χ0n) is 11.3. The number of morpholine rings is 1. The summed E-state index contributed by atoms with van der Waals surface area (Å²) in [4.78, 5) is 2.33. The molecule has 1 fully saturated rings. The van der Waals surface area contributed by atoms with E-state index in [1.165, 1.54) is 0 Å². The second kappa shape index (κ2) is 6.79. The van der Waals surface area contributed by atoms with E-state index in [2.05, 4.69) is 33.1 Å².